The number of carbonyl (C=O) groups excluding carboxylic acids is 2. The molecule has 0 saturated heterocycles. The second-order valence-corrected chi connectivity index (χ2v) is 6.76. The first kappa shape index (κ1) is 20.1. The van der Waals surface area contributed by atoms with Gasteiger partial charge in [-0.3, -0.25) is 14.4 Å². The summed E-state index contributed by atoms with van der Waals surface area (Å²) in [5.74, 6) is -0.134. The van der Waals surface area contributed by atoms with Gasteiger partial charge in [-0.25, -0.2) is 0 Å². The Bertz CT molecular complexity index is 1050. The Hall–Kier alpha value is -3.61. The minimum Gasteiger partial charge on any atom is -0.463 e. The molecule has 7 heteroatoms. The molecule has 3 rings (SSSR count). The van der Waals surface area contributed by atoms with E-state index in [0.717, 1.165) is 12.0 Å². The highest BCUT2D eigenvalue weighted by molar-refractivity contribution is 5.95. The van der Waals surface area contributed by atoms with Crippen molar-refractivity contribution in [3.8, 4) is 11.5 Å². The lowest BCUT2D eigenvalue weighted by Gasteiger charge is -2.12. The van der Waals surface area contributed by atoms with Gasteiger partial charge in [-0.05, 0) is 55.3 Å². The number of aromatic nitrogens is 1. The summed E-state index contributed by atoms with van der Waals surface area (Å²) < 4.78 is 5.24. The number of carbonyl (C=O) groups is 2. The zero-order valence-electron chi connectivity index (χ0n) is 16.3. The molecule has 3 N–H and O–H groups in total. The van der Waals surface area contributed by atoms with E-state index in [1.54, 1.807) is 36.4 Å². The molecule has 0 aliphatic carbocycles. The van der Waals surface area contributed by atoms with Crippen molar-refractivity contribution in [2.75, 3.05) is 0 Å². The maximum absolute atomic E-state index is 12.4. The molecule has 2 amide bonds. The van der Waals surface area contributed by atoms with Crippen LogP contribution in [-0.2, 0) is 6.54 Å². The minimum absolute atomic E-state index is 0.00553. The third kappa shape index (κ3) is 5.01. The Labute approximate surface area is 168 Å². The molecule has 0 radical (unpaired) electrons. The zero-order valence-corrected chi connectivity index (χ0v) is 16.3. The number of hydrogen-bond acceptors (Lipinski definition) is 4. The predicted octanol–water partition coefficient (Wildman–Crippen LogP) is 3.09. The lowest BCUT2D eigenvalue weighted by molar-refractivity contribution is 0.0936. The Balaban J connectivity index is 1.66. The van der Waals surface area contributed by atoms with Crippen molar-refractivity contribution in [1.29, 1.82) is 0 Å². The van der Waals surface area contributed by atoms with Gasteiger partial charge in [-0.1, -0.05) is 19.1 Å². The molecule has 7 nitrogen and oxygen atoms in total. The van der Waals surface area contributed by atoms with E-state index in [9.17, 15) is 14.4 Å². The summed E-state index contributed by atoms with van der Waals surface area (Å²) in [6.45, 7) is 4.14. The highest BCUT2D eigenvalue weighted by atomic mass is 16.3. The number of nitrogens with one attached hydrogen (secondary N) is 3. The summed E-state index contributed by atoms with van der Waals surface area (Å²) in [6.07, 6.45) is 2.35. The summed E-state index contributed by atoms with van der Waals surface area (Å²) in [7, 11) is 0. The van der Waals surface area contributed by atoms with Crippen molar-refractivity contribution in [2.24, 2.45) is 0 Å². The monoisotopic (exact) mass is 393 g/mol. The molecule has 1 atom stereocenters. The van der Waals surface area contributed by atoms with Gasteiger partial charge in [0.2, 0.25) is 0 Å². The molecule has 0 fully saturated rings. The van der Waals surface area contributed by atoms with Crippen molar-refractivity contribution < 1.29 is 14.0 Å². The topological polar surface area (TPSA) is 104 Å². The fourth-order valence-corrected chi connectivity index (χ4v) is 2.74. The van der Waals surface area contributed by atoms with Gasteiger partial charge in [-0.15, -0.1) is 0 Å². The van der Waals surface area contributed by atoms with Gasteiger partial charge in [0.05, 0.1) is 12.0 Å². The van der Waals surface area contributed by atoms with E-state index in [1.807, 2.05) is 19.9 Å². The number of hydrogen-bond donors (Lipinski definition) is 3. The van der Waals surface area contributed by atoms with E-state index >= 15 is 0 Å². The molecule has 2 aromatic heterocycles. The first-order valence-electron chi connectivity index (χ1n) is 9.43. The molecule has 0 saturated carbocycles. The Morgan fingerprint density at radius 2 is 1.93 bits per heavy atom. The standard InChI is InChI=1S/C22H23N3O4/c1-3-14(2)24-20(26)16-7-4-6-15(12-16)13-23-21(27)17-9-10-18(25-22(17)28)19-8-5-11-29-19/h4-12,14H,3,13H2,1-2H3,(H,23,27)(H,24,26)(H,25,28). The highest BCUT2D eigenvalue weighted by Crippen LogP contribution is 2.15. The third-order valence-electron chi connectivity index (χ3n) is 4.57. The number of pyridine rings is 1. The molecule has 2 heterocycles. The molecular weight excluding hydrogens is 370 g/mol. The van der Waals surface area contributed by atoms with E-state index in [0.29, 0.717) is 17.0 Å². The smallest absolute Gasteiger partial charge is 0.261 e. The second kappa shape index (κ2) is 9.05. The fraction of sp³-hybridized carbons (Fsp3) is 0.227. The normalized spacial score (nSPS) is 11.7. The van der Waals surface area contributed by atoms with Gasteiger partial charge < -0.3 is 20.0 Å². The van der Waals surface area contributed by atoms with E-state index in [4.69, 9.17) is 4.42 Å². The Morgan fingerprint density at radius 3 is 2.62 bits per heavy atom. The van der Waals surface area contributed by atoms with Crippen LogP contribution in [0.5, 0.6) is 0 Å². The molecule has 29 heavy (non-hydrogen) atoms. The second-order valence-electron chi connectivity index (χ2n) is 6.76. The lowest BCUT2D eigenvalue weighted by atomic mass is 10.1. The largest absolute Gasteiger partial charge is 0.463 e. The van der Waals surface area contributed by atoms with E-state index in [2.05, 4.69) is 15.6 Å². The summed E-state index contributed by atoms with van der Waals surface area (Å²) >= 11 is 0. The highest BCUT2D eigenvalue weighted by Gasteiger charge is 2.13. The Morgan fingerprint density at radius 1 is 1.10 bits per heavy atom. The quantitative estimate of drug-likeness (QED) is 0.574. The average molecular weight is 393 g/mol. The number of H-pyrrole nitrogens is 1. The van der Waals surface area contributed by atoms with Crippen LogP contribution < -0.4 is 16.2 Å². The van der Waals surface area contributed by atoms with Crippen molar-refractivity contribution in [1.82, 2.24) is 15.6 Å². The number of rotatable bonds is 7. The van der Waals surface area contributed by atoms with Crippen LogP contribution in [0.3, 0.4) is 0 Å². The number of amides is 2. The van der Waals surface area contributed by atoms with E-state index in [1.165, 1.54) is 12.3 Å². The van der Waals surface area contributed by atoms with Crippen LogP contribution in [0.1, 0.15) is 46.5 Å². The maximum Gasteiger partial charge on any atom is 0.261 e. The predicted molar refractivity (Wildman–Crippen MR) is 110 cm³/mol. The van der Waals surface area contributed by atoms with Gasteiger partial charge in [0.25, 0.3) is 17.4 Å². The van der Waals surface area contributed by atoms with Gasteiger partial charge >= 0.3 is 0 Å². The van der Waals surface area contributed by atoms with Crippen molar-refractivity contribution in [2.45, 2.75) is 32.9 Å². The summed E-state index contributed by atoms with van der Waals surface area (Å²) in [4.78, 5) is 39.5. The molecule has 0 aliphatic heterocycles. The van der Waals surface area contributed by atoms with Crippen LogP contribution >= 0.6 is 0 Å². The zero-order chi connectivity index (χ0) is 20.8. The van der Waals surface area contributed by atoms with Crippen molar-refractivity contribution in [3.63, 3.8) is 0 Å². The molecule has 1 aromatic carbocycles. The minimum atomic E-state index is -0.502. The number of benzene rings is 1. The van der Waals surface area contributed by atoms with Crippen LogP contribution in [0.15, 0.2) is 64.0 Å². The van der Waals surface area contributed by atoms with Crippen LogP contribution in [-0.4, -0.2) is 22.8 Å². The Kier molecular flexibility index (Phi) is 6.29. The first-order valence-corrected chi connectivity index (χ1v) is 9.43. The molecule has 0 spiro atoms. The third-order valence-corrected chi connectivity index (χ3v) is 4.57. The summed E-state index contributed by atoms with van der Waals surface area (Å²) in [6, 6.07) is 13.6. The number of furan rings is 1. The summed E-state index contributed by atoms with van der Waals surface area (Å²) in [5.41, 5.74) is 1.29. The molecule has 3 aromatic rings. The van der Waals surface area contributed by atoms with E-state index < -0.39 is 11.5 Å². The summed E-state index contributed by atoms with van der Waals surface area (Å²) in [5, 5.41) is 5.62. The van der Waals surface area contributed by atoms with Gasteiger partial charge in [0.15, 0.2) is 0 Å². The van der Waals surface area contributed by atoms with Crippen molar-refractivity contribution in [3.05, 3.63) is 81.8 Å². The maximum atomic E-state index is 12.4. The van der Waals surface area contributed by atoms with Crippen LogP contribution in [0, 0.1) is 0 Å². The molecule has 1 unspecified atom stereocenters. The van der Waals surface area contributed by atoms with E-state index in [-0.39, 0.29) is 24.1 Å². The van der Waals surface area contributed by atoms with Gasteiger partial charge in [0, 0.05) is 18.2 Å². The van der Waals surface area contributed by atoms with Crippen molar-refractivity contribution >= 4 is 11.8 Å². The van der Waals surface area contributed by atoms with Gasteiger partial charge in [-0.2, -0.15) is 0 Å². The van der Waals surface area contributed by atoms with Crippen LogP contribution in [0.2, 0.25) is 0 Å². The molecule has 150 valence electrons. The molecule has 0 aliphatic rings. The molecular formula is C22H23N3O4. The SMILES string of the molecule is CCC(C)NC(=O)c1cccc(CNC(=O)c2ccc(-c3ccco3)[nH]c2=O)c1. The van der Waals surface area contributed by atoms with Crippen LogP contribution in [0.25, 0.3) is 11.5 Å². The first-order chi connectivity index (χ1) is 14.0. The molecule has 0 bridgehead atoms. The lowest BCUT2D eigenvalue weighted by Crippen LogP contribution is -2.32. The number of aromatic amines is 1. The average Bonchev–Trinajstić information content (AvgIpc) is 3.27. The fourth-order valence-electron chi connectivity index (χ4n) is 2.74. The van der Waals surface area contributed by atoms with Crippen LogP contribution in [0.4, 0.5) is 0 Å². The van der Waals surface area contributed by atoms with Gasteiger partial charge in [0.1, 0.15) is 11.3 Å².